The number of likely N-dealkylation sites (tertiary alicyclic amines) is 1. The van der Waals surface area contributed by atoms with Crippen LogP contribution in [0.2, 0.25) is 10.0 Å². The summed E-state index contributed by atoms with van der Waals surface area (Å²) in [5, 5.41) is 3.79. The number of piperidine rings is 2. The van der Waals surface area contributed by atoms with Crippen molar-refractivity contribution >= 4 is 39.1 Å². The van der Waals surface area contributed by atoms with Crippen LogP contribution in [-0.4, -0.2) is 49.7 Å². The normalized spacial score (nSPS) is 20.0. The highest BCUT2D eigenvalue weighted by molar-refractivity contribution is 7.88. The summed E-state index contributed by atoms with van der Waals surface area (Å²) >= 11 is 12.1. The zero-order valence-corrected chi connectivity index (χ0v) is 22.2. The average Bonchev–Trinajstić information content (AvgIpc) is 2.86. The maximum absolute atomic E-state index is 13.0. The fourth-order valence-electron chi connectivity index (χ4n) is 4.81. The molecule has 0 unspecified atom stereocenters. The summed E-state index contributed by atoms with van der Waals surface area (Å²) in [5.41, 5.74) is 2.83. The van der Waals surface area contributed by atoms with Gasteiger partial charge in [0.15, 0.2) is 0 Å². The third kappa shape index (κ3) is 7.43. The Morgan fingerprint density at radius 2 is 1.66 bits per heavy atom. The summed E-state index contributed by atoms with van der Waals surface area (Å²) < 4.78 is 27.4. The maximum Gasteiger partial charge on any atom is 0.224 e. The smallest absolute Gasteiger partial charge is 0.224 e. The van der Waals surface area contributed by atoms with Crippen molar-refractivity contribution in [1.82, 2.24) is 14.5 Å². The van der Waals surface area contributed by atoms with Crippen LogP contribution in [0.5, 0.6) is 0 Å². The minimum absolute atomic E-state index is 0.105. The Kier molecular flexibility index (Phi) is 9.11. The molecule has 2 aromatic carbocycles. The Balaban J connectivity index is 1.28. The molecule has 2 saturated heterocycles. The highest BCUT2D eigenvalue weighted by Crippen LogP contribution is 2.26. The van der Waals surface area contributed by atoms with E-state index in [4.69, 9.17) is 23.2 Å². The van der Waals surface area contributed by atoms with Gasteiger partial charge in [0.1, 0.15) is 0 Å². The van der Waals surface area contributed by atoms with Gasteiger partial charge in [-0.2, -0.15) is 0 Å². The first-order valence-corrected chi connectivity index (χ1v) is 14.7. The third-order valence-corrected chi connectivity index (χ3v) is 9.23. The minimum atomic E-state index is -3.60. The third-order valence-electron chi connectivity index (χ3n) is 6.85. The van der Waals surface area contributed by atoms with Crippen LogP contribution >= 0.6 is 23.2 Å². The number of benzene rings is 2. The second kappa shape index (κ2) is 12.1. The number of carbonyl (C=O) groups is 1. The fourth-order valence-corrected chi connectivity index (χ4v) is 7.00. The number of halogens is 2. The van der Waals surface area contributed by atoms with E-state index in [9.17, 15) is 13.2 Å². The van der Waals surface area contributed by atoms with Crippen LogP contribution in [0, 0.1) is 5.92 Å². The predicted molar refractivity (Wildman–Crippen MR) is 141 cm³/mol. The zero-order valence-electron chi connectivity index (χ0n) is 19.9. The number of nitrogens with zero attached hydrogens (tertiary/aromatic N) is 2. The van der Waals surface area contributed by atoms with Crippen molar-refractivity contribution in [2.45, 2.75) is 50.9 Å². The Labute approximate surface area is 218 Å². The van der Waals surface area contributed by atoms with Gasteiger partial charge < -0.3 is 5.32 Å². The number of nitrogens with one attached hydrogen (secondary N) is 1. The van der Waals surface area contributed by atoms with E-state index in [1.807, 2.05) is 0 Å². The fraction of sp³-hybridized carbons (Fsp3) is 0.500. The summed E-state index contributed by atoms with van der Waals surface area (Å²) in [7, 11) is -3.60. The first kappa shape index (κ1) is 26.4. The summed E-state index contributed by atoms with van der Waals surface area (Å²) in [6, 6.07) is 13.2. The van der Waals surface area contributed by atoms with E-state index in [2.05, 4.69) is 34.5 Å². The highest BCUT2D eigenvalue weighted by atomic mass is 35.5. The molecule has 190 valence electrons. The van der Waals surface area contributed by atoms with Gasteiger partial charge in [-0.15, -0.1) is 0 Å². The Morgan fingerprint density at radius 3 is 2.37 bits per heavy atom. The molecule has 0 bridgehead atoms. The van der Waals surface area contributed by atoms with Gasteiger partial charge in [0.05, 0.1) is 11.7 Å². The lowest BCUT2D eigenvalue weighted by atomic mass is 9.98. The molecule has 0 radical (unpaired) electrons. The quantitative estimate of drug-likeness (QED) is 0.523. The SMILES string of the molecule is O=C(NCc1ccc(CN2CCCCC2)cc1)[C@H]1CCCN(S(=O)(=O)Cc2ccc(Cl)cc2Cl)C1. The lowest BCUT2D eigenvalue weighted by molar-refractivity contribution is -0.126. The minimum Gasteiger partial charge on any atom is -0.352 e. The molecule has 0 aromatic heterocycles. The lowest BCUT2D eigenvalue weighted by Gasteiger charge is -2.31. The summed E-state index contributed by atoms with van der Waals surface area (Å²) in [6.07, 6.45) is 5.21. The van der Waals surface area contributed by atoms with Gasteiger partial charge in [-0.05, 0) is 67.6 Å². The molecule has 1 atom stereocenters. The van der Waals surface area contributed by atoms with Crippen molar-refractivity contribution < 1.29 is 13.2 Å². The molecule has 4 rings (SSSR count). The van der Waals surface area contributed by atoms with Crippen molar-refractivity contribution in [3.8, 4) is 0 Å². The summed E-state index contributed by atoms with van der Waals surface area (Å²) in [4.78, 5) is 15.3. The molecule has 1 N–H and O–H groups in total. The standard InChI is InChI=1S/C26H33Cl2N3O3S/c27-24-11-10-23(25(28)15-24)19-35(33,34)31-14-4-5-22(18-31)26(32)29-16-20-6-8-21(9-7-20)17-30-12-2-1-3-13-30/h6-11,15,22H,1-5,12-14,16-19H2,(H,29,32)/t22-/m0/s1. The van der Waals surface area contributed by atoms with Gasteiger partial charge in [0.2, 0.25) is 15.9 Å². The van der Waals surface area contributed by atoms with Gasteiger partial charge in [0, 0.05) is 36.2 Å². The summed E-state index contributed by atoms with van der Waals surface area (Å²) in [5.74, 6) is -0.675. The predicted octanol–water partition coefficient (Wildman–Crippen LogP) is 4.84. The number of sulfonamides is 1. The first-order chi connectivity index (χ1) is 16.8. The highest BCUT2D eigenvalue weighted by Gasteiger charge is 2.32. The number of carbonyl (C=O) groups excluding carboxylic acids is 1. The molecule has 2 aromatic rings. The molecule has 35 heavy (non-hydrogen) atoms. The second-order valence-corrected chi connectivity index (χ2v) is 12.4. The monoisotopic (exact) mass is 537 g/mol. The van der Waals surface area contributed by atoms with Gasteiger partial charge >= 0.3 is 0 Å². The molecule has 9 heteroatoms. The van der Waals surface area contributed by atoms with Crippen molar-refractivity contribution in [3.05, 3.63) is 69.2 Å². The Bertz CT molecular complexity index is 1120. The number of rotatable bonds is 8. The molecular formula is C26H33Cl2N3O3S. The molecule has 2 heterocycles. The molecule has 2 aliphatic heterocycles. The molecule has 6 nitrogen and oxygen atoms in total. The van der Waals surface area contributed by atoms with Crippen LogP contribution in [0.3, 0.4) is 0 Å². The van der Waals surface area contributed by atoms with E-state index >= 15 is 0 Å². The van der Waals surface area contributed by atoms with Gasteiger partial charge in [-0.1, -0.05) is 60.0 Å². The molecule has 1 amide bonds. The molecular weight excluding hydrogens is 505 g/mol. The first-order valence-electron chi connectivity index (χ1n) is 12.3. The second-order valence-electron chi connectivity index (χ2n) is 9.56. The van der Waals surface area contributed by atoms with Crippen LogP contribution in [0.25, 0.3) is 0 Å². The van der Waals surface area contributed by atoms with Crippen LogP contribution in [0.4, 0.5) is 0 Å². The molecule has 2 aliphatic rings. The largest absolute Gasteiger partial charge is 0.352 e. The maximum atomic E-state index is 13.0. The van der Waals surface area contributed by atoms with Crippen molar-refractivity contribution in [2.75, 3.05) is 26.2 Å². The molecule has 0 aliphatic carbocycles. The van der Waals surface area contributed by atoms with E-state index in [1.165, 1.54) is 42.2 Å². The van der Waals surface area contributed by atoms with Gasteiger partial charge in [-0.25, -0.2) is 12.7 Å². The average molecular weight is 539 g/mol. The van der Waals surface area contributed by atoms with Crippen LogP contribution in [0.15, 0.2) is 42.5 Å². The molecule has 2 fully saturated rings. The van der Waals surface area contributed by atoms with E-state index in [0.717, 1.165) is 12.1 Å². The van der Waals surface area contributed by atoms with Gasteiger partial charge in [0.25, 0.3) is 0 Å². The Hall–Kier alpha value is -1.64. The topological polar surface area (TPSA) is 69.7 Å². The van der Waals surface area contributed by atoms with E-state index in [1.54, 1.807) is 18.2 Å². The van der Waals surface area contributed by atoms with Crippen molar-refractivity contribution in [1.29, 1.82) is 0 Å². The van der Waals surface area contributed by atoms with Gasteiger partial charge in [-0.3, -0.25) is 9.69 Å². The summed E-state index contributed by atoms with van der Waals surface area (Å²) in [6.45, 7) is 4.34. The zero-order chi connectivity index (χ0) is 24.8. The van der Waals surface area contributed by atoms with Crippen LogP contribution < -0.4 is 5.32 Å². The van der Waals surface area contributed by atoms with E-state index in [0.29, 0.717) is 41.5 Å². The number of hydrogen-bond acceptors (Lipinski definition) is 4. The molecule has 0 spiro atoms. The molecule has 0 saturated carbocycles. The number of hydrogen-bond donors (Lipinski definition) is 1. The van der Waals surface area contributed by atoms with Crippen molar-refractivity contribution in [3.63, 3.8) is 0 Å². The lowest BCUT2D eigenvalue weighted by Crippen LogP contribution is -2.45. The van der Waals surface area contributed by atoms with E-state index in [-0.39, 0.29) is 24.1 Å². The Morgan fingerprint density at radius 1 is 0.943 bits per heavy atom. The van der Waals surface area contributed by atoms with Crippen LogP contribution in [-0.2, 0) is 33.7 Å². The van der Waals surface area contributed by atoms with Crippen molar-refractivity contribution in [2.24, 2.45) is 5.92 Å². The number of amides is 1. The van der Waals surface area contributed by atoms with E-state index < -0.39 is 10.0 Å². The van der Waals surface area contributed by atoms with Crippen LogP contribution in [0.1, 0.15) is 48.8 Å².